The third-order valence-electron chi connectivity index (χ3n) is 2.80. The van der Waals surface area contributed by atoms with E-state index in [1.807, 2.05) is 19.1 Å². The number of hydrogen-bond acceptors (Lipinski definition) is 4. The van der Waals surface area contributed by atoms with E-state index in [-0.39, 0.29) is 5.56 Å². The number of aromatic carboxylic acids is 1. The number of nitrogens with zero attached hydrogens (tertiary/aromatic N) is 3. The molecular formula is C14H11N3O2S. The third kappa shape index (κ3) is 2.25. The van der Waals surface area contributed by atoms with E-state index in [2.05, 4.69) is 10.1 Å². The highest BCUT2D eigenvalue weighted by Crippen LogP contribution is 2.31. The molecule has 0 amide bonds. The van der Waals surface area contributed by atoms with E-state index in [4.69, 9.17) is 0 Å². The third-order valence-corrected chi connectivity index (χ3v) is 3.88. The zero-order valence-electron chi connectivity index (χ0n) is 10.6. The number of aromatic nitrogens is 3. The summed E-state index contributed by atoms with van der Waals surface area (Å²) in [7, 11) is 0. The van der Waals surface area contributed by atoms with Crippen LogP contribution in [0.25, 0.3) is 5.52 Å². The van der Waals surface area contributed by atoms with Crippen LogP contribution in [0, 0.1) is 6.92 Å². The van der Waals surface area contributed by atoms with Crippen LogP contribution in [-0.4, -0.2) is 25.7 Å². The quantitative estimate of drug-likeness (QED) is 0.801. The Morgan fingerprint density at radius 3 is 2.95 bits per heavy atom. The van der Waals surface area contributed by atoms with E-state index < -0.39 is 5.97 Å². The fourth-order valence-electron chi connectivity index (χ4n) is 1.94. The predicted molar refractivity (Wildman–Crippen MR) is 75.2 cm³/mol. The molecule has 1 N–H and O–H groups in total. The fourth-order valence-corrected chi connectivity index (χ4v) is 2.93. The first-order chi connectivity index (χ1) is 9.65. The molecule has 100 valence electrons. The molecule has 6 heteroatoms. The number of aryl methyl sites for hydroxylation is 1. The van der Waals surface area contributed by atoms with Gasteiger partial charge in [0.15, 0.2) is 0 Å². The van der Waals surface area contributed by atoms with E-state index in [0.29, 0.717) is 4.90 Å². The minimum Gasteiger partial charge on any atom is -0.478 e. The summed E-state index contributed by atoms with van der Waals surface area (Å²) in [5.41, 5.74) is 2.04. The van der Waals surface area contributed by atoms with Crippen molar-refractivity contribution < 1.29 is 9.90 Å². The van der Waals surface area contributed by atoms with Crippen molar-refractivity contribution in [3.63, 3.8) is 0 Å². The number of carboxylic acids is 1. The van der Waals surface area contributed by atoms with Gasteiger partial charge in [0.1, 0.15) is 5.03 Å². The molecule has 0 atom stereocenters. The van der Waals surface area contributed by atoms with Crippen LogP contribution in [0.3, 0.4) is 0 Å². The molecule has 0 aliphatic rings. The van der Waals surface area contributed by atoms with Gasteiger partial charge in [-0.2, -0.15) is 5.10 Å². The van der Waals surface area contributed by atoms with Gasteiger partial charge in [0.05, 0.1) is 16.8 Å². The summed E-state index contributed by atoms with van der Waals surface area (Å²) in [5.74, 6) is -0.940. The van der Waals surface area contributed by atoms with E-state index in [1.54, 1.807) is 35.1 Å². The average Bonchev–Trinajstić information content (AvgIpc) is 2.80. The van der Waals surface area contributed by atoms with Gasteiger partial charge in [-0.3, -0.25) is 0 Å². The molecule has 3 rings (SSSR count). The van der Waals surface area contributed by atoms with Crippen LogP contribution < -0.4 is 0 Å². The van der Waals surface area contributed by atoms with E-state index in [9.17, 15) is 9.90 Å². The molecule has 0 spiro atoms. The lowest BCUT2D eigenvalue weighted by Crippen LogP contribution is -1.98. The molecule has 0 radical (unpaired) electrons. The zero-order chi connectivity index (χ0) is 14.1. The normalized spacial score (nSPS) is 10.8. The number of carboxylic acid groups (broad SMARTS) is 1. The highest BCUT2D eigenvalue weighted by atomic mass is 32.2. The Labute approximate surface area is 119 Å². The van der Waals surface area contributed by atoms with Gasteiger partial charge in [-0.15, -0.1) is 0 Å². The summed E-state index contributed by atoms with van der Waals surface area (Å²) in [5, 5.41) is 14.3. The molecule has 0 bridgehead atoms. The van der Waals surface area contributed by atoms with Gasteiger partial charge in [-0.25, -0.2) is 14.3 Å². The maximum Gasteiger partial charge on any atom is 0.336 e. The highest BCUT2D eigenvalue weighted by Gasteiger charge is 2.13. The number of benzene rings is 1. The molecule has 0 aliphatic carbocycles. The van der Waals surface area contributed by atoms with Crippen molar-refractivity contribution in [2.24, 2.45) is 0 Å². The standard InChI is InChI=1S/C14H11N3O2S/c1-9-8-11-13(15-6-7-17(11)16-9)20-12-5-3-2-4-10(12)14(18)19/h2-8H,1H3,(H,18,19). The van der Waals surface area contributed by atoms with Gasteiger partial charge < -0.3 is 5.11 Å². The van der Waals surface area contributed by atoms with Crippen molar-refractivity contribution in [3.05, 3.63) is 54.0 Å². The van der Waals surface area contributed by atoms with Gasteiger partial charge in [-0.05, 0) is 25.1 Å². The number of fused-ring (bicyclic) bond motifs is 1. The largest absolute Gasteiger partial charge is 0.478 e. The van der Waals surface area contributed by atoms with Crippen LogP contribution >= 0.6 is 11.8 Å². The Morgan fingerprint density at radius 1 is 1.35 bits per heavy atom. The molecule has 2 aromatic heterocycles. The average molecular weight is 285 g/mol. The predicted octanol–water partition coefficient (Wildman–Crippen LogP) is 2.89. The van der Waals surface area contributed by atoms with Gasteiger partial charge in [0.25, 0.3) is 0 Å². The summed E-state index contributed by atoms with van der Waals surface area (Å²) in [6, 6.07) is 8.83. The lowest BCUT2D eigenvalue weighted by Gasteiger charge is -2.05. The first-order valence-electron chi connectivity index (χ1n) is 5.96. The minimum absolute atomic E-state index is 0.276. The second-order valence-corrected chi connectivity index (χ2v) is 5.28. The maximum atomic E-state index is 11.2. The molecule has 0 saturated carbocycles. The molecule has 0 fully saturated rings. The Hall–Kier alpha value is -2.34. The van der Waals surface area contributed by atoms with Crippen molar-refractivity contribution in [2.45, 2.75) is 16.8 Å². The Balaban J connectivity index is 2.08. The molecule has 5 nitrogen and oxygen atoms in total. The molecule has 0 saturated heterocycles. The van der Waals surface area contributed by atoms with Crippen molar-refractivity contribution in [2.75, 3.05) is 0 Å². The number of rotatable bonds is 3. The minimum atomic E-state index is -0.940. The van der Waals surface area contributed by atoms with Crippen LogP contribution in [0.15, 0.2) is 52.6 Å². The smallest absolute Gasteiger partial charge is 0.336 e. The van der Waals surface area contributed by atoms with Crippen molar-refractivity contribution >= 4 is 23.2 Å². The van der Waals surface area contributed by atoms with Crippen LogP contribution in [0.2, 0.25) is 0 Å². The summed E-state index contributed by atoms with van der Waals surface area (Å²) in [6.07, 6.45) is 3.43. The number of carbonyl (C=O) groups is 1. The molecule has 20 heavy (non-hydrogen) atoms. The van der Waals surface area contributed by atoms with Crippen molar-refractivity contribution in [1.82, 2.24) is 14.6 Å². The summed E-state index contributed by atoms with van der Waals surface area (Å²) < 4.78 is 1.74. The molecule has 1 aromatic carbocycles. The van der Waals surface area contributed by atoms with Gasteiger partial charge in [0, 0.05) is 17.3 Å². The SMILES string of the molecule is Cc1cc2c(Sc3ccccc3C(=O)O)nccn2n1. The first kappa shape index (κ1) is 12.7. The zero-order valence-corrected chi connectivity index (χ0v) is 11.5. The lowest BCUT2D eigenvalue weighted by molar-refractivity contribution is 0.0693. The molecule has 2 heterocycles. The van der Waals surface area contributed by atoms with Crippen LogP contribution in [0.1, 0.15) is 16.1 Å². The first-order valence-corrected chi connectivity index (χ1v) is 6.78. The second-order valence-electron chi connectivity index (χ2n) is 4.25. The van der Waals surface area contributed by atoms with Crippen LogP contribution in [0.5, 0.6) is 0 Å². The van der Waals surface area contributed by atoms with Gasteiger partial charge >= 0.3 is 5.97 Å². The molecule has 0 unspecified atom stereocenters. The highest BCUT2D eigenvalue weighted by molar-refractivity contribution is 7.99. The Morgan fingerprint density at radius 2 is 2.15 bits per heavy atom. The van der Waals surface area contributed by atoms with Crippen molar-refractivity contribution in [1.29, 1.82) is 0 Å². The van der Waals surface area contributed by atoms with Crippen LogP contribution in [0.4, 0.5) is 0 Å². The molecule has 0 aliphatic heterocycles. The molecular weight excluding hydrogens is 274 g/mol. The monoisotopic (exact) mass is 285 g/mol. The Kier molecular flexibility index (Phi) is 3.15. The topological polar surface area (TPSA) is 67.5 Å². The lowest BCUT2D eigenvalue weighted by atomic mass is 10.2. The van der Waals surface area contributed by atoms with E-state index >= 15 is 0 Å². The summed E-state index contributed by atoms with van der Waals surface area (Å²) in [4.78, 5) is 16.2. The van der Waals surface area contributed by atoms with E-state index in [0.717, 1.165) is 16.2 Å². The number of hydrogen-bond donors (Lipinski definition) is 1. The van der Waals surface area contributed by atoms with Gasteiger partial charge in [0.2, 0.25) is 0 Å². The van der Waals surface area contributed by atoms with Gasteiger partial charge in [-0.1, -0.05) is 23.9 Å². The second kappa shape index (κ2) is 4.97. The Bertz CT molecular complexity index is 798. The van der Waals surface area contributed by atoms with Crippen molar-refractivity contribution in [3.8, 4) is 0 Å². The maximum absolute atomic E-state index is 11.2. The summed E-state index contributed by atoms with van der Waals surface area (Å²) >= 11 is 1.33. The summed E-state index contributed by atoms with van der Waals surface area (Å²) in [6.45, 7) is 1.91. The van der Waals surface area contributed by atoms with E-state index in [1.165, 1.54) is 11.8 Å². The van der Waals surface area contributed by atoms with Crippen LogP contribution in [-0.2, 0) is 0 Å². The molecule has 3 aromatic rings. The fraction of sp³-hybridized carbons (Fsp3) is 0.0714.